The Balaban J connectivity index is 1.40. The van der Waals surface area contributed by atoms with Crippen LogP contribution < -0.4 is 4.90 Å². The Morgan fingerprint density at radius 3 is 2.57 bits per heavy atom. The first kappa shape index (κ1) is 18.9. The summed E-state index contributed by atoms with van der Waals surface area (Å²) in [6.07, 6.45) is -4.33. The van der Waals surface area contributed by atoms with Crippen molar-refractivity contribution in [1.82, 2.24) is 15.0 Å². The molecule has 0 bridgehead atoms. The summed E-state index contributed by atoms with van der Waals surface area (Å²) < 4.78 is 44.3. The Morgan fingerprint density at radius 2 is 1.89 bits per heavy atom. The number of piperazine rings is 1. The maximum absolute atomic E-state index is 12.9. The van der Waals surface area contributed by atoms with Crippen LogP contribution in [0.1, 0.15) is 24.4 Å². The maximum atomic E-state index is 12.9. The van der Waals surface area contributed by atoms with Crippen LogP contribution in [0.5, 0.6) is 0 Å². The Hall–Kier alpha value is -2.39. The van der Waals surface area contributed by atoms with Gasteiger partial charge in [-0.05, 0) is 36.6 Å². The second-order valence-corrected chi connectivity index (χ2v) is 7.63. The number of nitrogens with zero attached hydrogens (tertiary/aromatic N) is 4. The molecule has 28 heavy (non-hydrogen) atoms. The molecule has 2 aromatic heterocycles. The van der Waals surface area contributed by atoms with Gasteiger partial charge in [-0.1, -0.05) is 17.3 Å². The van der Waals surface area contributed by atoms with Crippen LogP contribution in [0.3, 0.4) is 0 Å². The molecule has 0 aliphatic carbocycles. The molecule has 1 aliphatic heterocycles. The van der Waals surface area contributed by atoms with E-state index in [4.69, 9.17) is 4.52 Å². The van der Waals surface area contributed by atoms with Crippen LogP contribution in [-0.2, 0) is 6.18 Å². The van der Waals surface area contributed by atoms with Gasteiger partial charge in [0.2, 0.25) is 11.7 Å². The number of hydrogen-bond donors (Lipinski definition) is 0. The van der Waals surface area contributed by atoms with Crippen molar-refractivity contribution in [2.24, 2.45) is 0 Å². The average molecular weight is 408 g/mol. The van der Waals surface area contributed by atoms with Crippen molar-refractivity contribution in [2.45, 2.75) is 19.1 Å². The molecule has 1 fully saturated rings. The fourth-order valence-electron chi connectivity index (χ4n) is 3.31. The molecule has 0 spiro atoms. The monoisotopic (exact) mass is 408 g/mol. The van der Waals surface area contributed by atoms with E-state index in [-0.39, 0.29) is 6.04 Å². The summed E-state index contributed by atoms with van der Waals surface area (Å²) in [4.78, 5) is 9.63. The van der Waals surface area contributed by atoms with Crippen molar-refractivity contribution in [3.63, 3.8) is 0 Å². The molecular formula is C19H19F3N4OS. The lowest BCUT2D eigenvalue weighted by Crippen LogP contribution is -2.47. The van der Waals surface area contributed by atoms with Gasteiger partial charge < -0.3 is 9.42 Å². The number of hydrogen-bond acceptors (Lipinski definition) is 6. The minimum absolute atomic E-state index is 0.0510. The van der Waals surface area contributed by atoms with Crippen LogP contribution in [-0.4, -0.2) is 41.2 Å². The average Bonchev–Trinajstić information content (AvgIpc) is 3.39. The largest absolute Gasteiger partial charge is 0.416 e. The molecule has 1 saturated heterocycles. The molecule has 0 radical (unpaired) electrons. The van der Waals surface area contributed by atoms with Crippen LogP contribution in [0, 0.1) is 0 Å². The van der Waals surface area contributed by atoms with Gasteiger partial charge in [0.05, 0.1) is 16.5 Å². The Labute approximate surface area is 164 Å². The van der Waals surface area contributed by atoms with E-state index in [1.54, 1.807) is 17.4 Å². The molecule has 1 aliphatic rings. The van der Waals surface area contributed by atoms with Gasteiger partial charge >= 0.3 is 6.18 Å². The van der Waals surface area contributed by atoms with Crippen LogP contribution in [0.25, 0.3) is 10.7 Å². The van der Waals surface area contributed by atoms with Gasteiger partial charge in [-0.25, -0.2) is 0 Å². The van der Waals surface area contributed by atoms with Crippen LogP contribution in [0.2, 0.25) is 0 Å². The highest BCUT2D eigenvalue weighted by Gasteiger charge is 2.31. The highest BCUT2D eigenvalue weighted by molar-refractivity contribution is 7.13. The lowest BCUT2D eigenvalue weighted by atomic mass is 10.1. The van der Waals surface area contributed by atoms with Crippen LogP contribution >= 0.6 is 11.3 Å². The zero-order chi connectivity index (χ0) is 19.7. The summed E-state index contributed by atoms with van der Waals surface area (Å²) in [6.45, 7) is 4.68. The van der Waals surface area contributed by atoms with Crippen LogP contribution in [0.15, 0.2) is 46.3 Å². The van der Waals surface area contributed by atoms with Crippen molar-refractivity contribution in [3.05, 3.63) is 53.2 Å². The standard InChI is InChI=1S/C19H19F3N4OS/c1-13(18-23-17(24-27-18)16-6-3-11-28-16)25-7-9-26(10-8-25)15-5-2-4-14(12-15)19(20,21)22/h2-6,11-13H,7-10H2,1H3. The number of rotatable bonds is 4. The van der Waals surface area contributed by atoms with E-state index in [1.807, 2.05) is 29.3 Å². The Bertz CT molecular complexity index is 917. The molecule has 9 heteroatoms. The molecule has 4 rings (SSSR count). The van der Waals surface area contributed by atoms with Gasteiger partial charge in [-0.2, -0.15) is 18.2 Å². The third-order valence-electron chi connectivity index (χ3n) is 4.94. The highest BCUT2D eigenvalue weighted by Crippen LogP contribution is 2.32. The number of benzene rings is 1. The van der Waals surface area contributed by atoms with Gasteiger partial charge in [0.15, 0.2) is 0 Å². The topological polar surface area (TPSA) is 45.4 Å². The second kappa shape index (κ2) is 7.56. The molecule has 5 nitrogen and oxygen atoms in total. The molecule has 0 N–H and O–H groups in total. The van der Waals surface area contributed by atoms with Crippen LogP contribution in [0.4, 0.5) is 18.9 Å². The summed E-state index contributed by atoms with van der Waals surface area (Å²) in [5.41, 5.74) is -0.0207. The first-order chi connectivity index (χ1) is 13.4. The molecule has 1 aromatic carbocycles. The maximum Gasteiger partial charge on any atom is 0.416 e. The van der Waals surface area contributed by atoms with E-state index < -0.39 is 11.7 Å². The number of aromatic nitrogens is 2. The number of halogens is 3. The Kier molecular flexibility index (Phi) is 5.11. The van der Waals surface area contributed by atoms with Crippen molar-refractivity contribution in [2.75, 3.05) is 31.1 Å². The van der Waals surface area contributed by atoms with Gasteiger partial charge in [-0.15, -0.1) is 11.3 Å². The minimum Gasteiger partial charge on any atom is -0.369 e. The van der Waals surface area contributed by atoms with Gasteiger partial charge in [0, 0.05) is 31.9 Å². The molecule has 1 atom stereocenters. The van der Waals surface area contributed by atoms with E-state index in [9.17, 15) is 13.2 Å². The predicted molar refractivity (Wildman–Crippen MR) is 101 cm³/mol. The normalized spacial score (nSPS) is 17.1. The summed E-state index contributed by atoms with van der Waals surface area (Å²) in [5, 5.41) is 6.01. The van der Waals surface area contributed by atoms with E-state index in [2.05, 4.69) is 15.0 Å². The Morgan fingerprint density at radius 1 is 1.11 bits per heavy atom. The fraction of sp³-hybridized carbons (Fsp3) is 0.368. The lowest BCUT2D eigenvalue weighted by Gasteiger charge is -2.38. The smallest absolute Gasteiger partial charge is 0.369 e. The number of anilines is 1. The van der Waals surface area contributed by atoms with Crippen molar-refractivity contribution >= 4 is 17.0 Å². The van der Waals surface area contributed by atoms with Gasteiger partial charge in [-0.3, -0.25) is 4.90 Å². The van der Waals surface area contributed by atoms with E-state index in [0.29, 0.717) is 43.6 Å². The van der Waals surface area contributed by atoms with Crippen molar-refractivity contribution < 1.29 is 17.7 Å². The molecule has 3 aromatic rings. The lowest BCUT2D eigenvalue weighted by molar-refractivity contribution is -0.137. The van der Waals surface area contributed by atoms with Crippen molar-refractivity contribution in [3.8, 4) is 10.7 Å². The molecule has 148 valence electrons. The third-order valence-corrected chi connectivity index (χ3v) is 5.81. The van der Waals surface area contributed by atoms with Crippen molar-refractivity contribution in [1.29, 1.82) is 0 Å². The highest BCUT2D eigenvalue weighted by atomic mass is 32.1. The molecule has 0 amide bonds. The van der Waals surface area contributed by atoms with E-state index >= 15 is 0 Å². The quantitative estimate of drug-likeness (QED) is 0.626. The summed E-state index contributed by atoms with van der Waals surface area (Å²) >= 11 is 1.55. The first-order valence-electron chi connectivity index (χ1n) is 8.95. The SMILES string of the molecule is CC(c1nc(-c2cccs2)no1)N1CCN(c2cccc(C(F)(F)F)c2)CC1. The number of alkyl halides is 3. The van der Waals surface area contributed by atoms with Gasteiger partial charge in [0.25, 0.3) is 0 Å². The minimum atomic E-state index is -4.33. The summed E-state index contributed by atoms with van der Waals surface area (Å²) in [5.74, 6) is 1.13. The fourth-order valence-corrected chi connectivity index (χ4v) is 3.96. The second-order valence-electron chi connectivity index (χ2n) is 6.68. The first-order valence-corrected chi connectivity index (χ1v) is 9.83. The molecular weight excluding hydrogens is 389 g/mol. The zero-order valence-electron chi connectivity index (χ0n) is 15.2. The predicted octanol–water partition coefficient (Wildman–Crippen LogP) is 4.70. The molecule has 1 unspecified atom stereocenters. The number of thiophene rings is 1. The zero-order valence-corrected chi connectivity index (χ0v) is 16.0. The molecule has 0 saturated carbocycles. The third kappa shape index (κ3) is 3.90. The molecule has 3 heterocycles. The summed E-state index contributed by atoms with van der Waals surface area (Å²) in [7, 11) is 0. The van der Waals surface area contributed by atoms with E-state index in [0.717, 1.165) is 10.9 Å². The van der Waals surface area contributed by atoms with Gasteiger partial charge in [0.1, 0.15) is 0 Å². The summed E-state index contributed by atoms with van der Waals surface area (Å²) in [6, 6.07) is 9.32. The van der Waals surface area contributed by atoms with E-state index in [1.165, 1.54) is 12.1 Å².